The number of rotatable bonds is 7. The summed E-state index contributed by atoms with van der Waals surface area (Å²) in [5.41, 5.74) is 2.74. The van der Waals surface area contributed by atoms with E-state index in [-0.39, 0.29) is 24.3 Å². The Morgan fingerprint density at radius 1 is 1.00 bits per heavy atom. The van der Waals surface area contributed by atoms with Crippen molar-refractivity contribution in [3.63, 3.8) is 0 Å². The highest BCUT2D eigenvalue weighted by molar-refractivity contribution is 5.94. The van der Waals surface area contributed by atoms with Gasteiger partial charge in [-0.05, 0) is 30.7 Å². The number of carbonyl (C=O) groups is 2. The second kappa shape index (κ2) is 9.69. The number of nitrogens with one attached hydrogen (secondary N) is 3. The van der Waals surface area contributed by atoms with Crippen LogP contribution in [-0.2, 0) is 4.79 Å². The molecule has 2 amide bonds. The van der Waals surface area contributed by atoms with Crippen molar-refractivity contribution in [2.75, 3.05) is 19.6 Å². The summed E-state index contributed by atoms with van der Waals surface area (Å²) in [6.07, 6.45) is 3.27. The van der Waals surface area contributed by atoms with Gasteiger partial charge in [-0.15, -0.1) is 0 Å². The van der Waals surface area contributed by atoms with Crippen LogP contribution >= 0.6 is 0 Å². The van der Waals surface area contributed by atoms with Crippen LogP contribution in [0.4, 0.5) is 0 Å². The van der Waals surface area contributed by atoms with Gasteiger partial charge < -0.3 is 16.0 Å². The molecule has 1 atom stereocenters. The monoisotopic (exact) mass is 363 g/mol. The second-order valence-corrected chi connectivity index (χ2v) is 6.60. The minimum Gasteiger partial charge on any atom is -0.352 e. The highest BCUT2D eigenvalue weighted by Gasteiger charge is 2.19. The van der Waals surface area contributed by atoms with Gasteiger partial charge in [-0.3, -0.25) is 9.59 Å². The average molecular weight is 363 g/mol. The SMILES string of the molecule is O=C(CC(NC(=O)c1ccccc1)c1ccccc1)NCC1=CCNCC1. The predicted octanol–water partition coefficient (Wildman–Crippen LogP) is 2.58. The van der Waals surface area contributed by atoms with Gasteiger partial charge >= 0.3 is 0 Å². The number of hydrogen-bond acceptors (Lipinski definition) is 3. The van der Waals surface area contributed by atoms with Gasteiger partial charge in [-0.1, -0.05) is 60.2 Å². The Balaban J connectivity index is 1.64. The molecule has 0 aliphatic carbocycles. The summed E-state index contributed by atoms with van der Waals surface area (Å²) in [5.74, 6) is -0.255. The lowest BCUT2D eigenvalue weighted by atomic mass is 10.0. The van der Waals surface area contributed by atoms with E-state index in [0.717, 1.165) is 25.1 Å². The first kappa shape index (κ1) is 18.9. The summed E-state index contributed by atoms with van der Waals surface area (Å²) >= 11 is 0. The van der Waals surface area contributed by atoms with Crippen LogP contribution in [0.25, 0.3) is 0 Å². The fourth-order valence-corrected chi connectivity index (χ4v) is 3.07. The van der Waals surface area contributed by atoms with E-state index >= 15 is 0 Å². The molecule has 0 aromatic heterocycles. The van der Waals surface area contributed by atoms with Gasteiger partial charge in [0.05, 0.1) is 12.5 Å². The Morgan fingerprint density at radius 2 is 1.70 bits per heavy atom. The first-order valence-electron chi connectivity index (χ1n) is 9.28. The lowest BCUT2D eigenvalue weighted by Gasteiger charge is -2.20. The van der Waals surface area contributed by atoms with Gasteiger partial charge in [0.15, 0.2) is 0 Å². The van der Waals surface area contributed by atoms with E-state index in [1.807, 2.05) is 48.5 Å². The summed E-state index contributed by atoms with van der Waals surface area (Å²) in [5, 5.41) is 9.23. The fourth-order valence-electron chi connectivity index (χ4n) is 3.07. The van der Waals surface area contributed by atoms with E-state index in [2.05, 4.69) is 22.0 Å². The van der Waals surface area contributed by atoms with Gasteiger partial charge in [0.25, 0.3) is 5.91 Å². The maximum Gasteiger partial charge on any atom is 0.251 e. The van der Waals surface area contributed by atoms with Crippen molar-refractivity contribution in [3.05, 3.63) is 83.4 Å². The van der Waals surface area contributed by atoms with Gasteiger partial charge in [0.1, 0.15) is 0 Å². The molecule has 0 bridgehead atoms. The normalized spacial score (nSPS) is 14.7. The largest absolute Gasteiger partial charge is 0.352 e. The first-order chi connectivity index (χ1) is 13.2. The van der Waals surface area contributed by atoms with Crippen molar-refractivity contribution in [1.82, 2.24) is 16.0 Å². The van der Waals surface area contributed by atoms with Crippen molar-refractivity contribution in [1.29, 1.82) is 0 Å². The molecule has 1 aliphatic heterocycles. The van der Waals surface area contributed by atoms with Crippen molar-refractivity contribution in [3.8, 4) is 0 Å². The third kappa shape index (κ3) is 5.79. The van der Waals surface area contributed by atoms with Crippen LogP contribution in [0.15, 0.2) is 72.3 Å². The molecule has 1 unspecified atom stereocenters. The number of benzene rings is 2. The van der Waals surface area contributed by atoms with Crippen molar-refractivity contribution in [2.45, 2.75) is 18.9 Å². The molecule has 27 heavy (non-hydrogen) atoms. The Bertz CT molecular complexity index is 788. The quantitative estimate of drug-likeness (QED) is 0.662. The van der Waals surface area contributed by atoms with Crippen LogP contribution in [0.3, 0.4) is 0 Å². The standard InChI is InChI=1S/C22H25N3O2/c26-21(24-16-17-11-13-23-14-12-17)15-20(18-7-3-1-4-8-18)25-22(27)19-9-5-2-6-10-19/h1-11,20,23H,12-16H2,(H,24,26)(H,25,27). The number of hydrogen-bond donors (Lipinski definition) is 3. The maximum absolute atomic E-state index is 12.6. The topological polar surface area (TPSA) is 70.2 Å². The number of carbonyl (C=O) groups excluding carboxylic acids is 2. The van der Waals surface area contributed by atoms with E-state index in [9.17, 15) is 9.59 Å². The molecule has 140 valence electrons. The lowest BCUT2D eigenvalue weighted by molar-refractivity contribution is -0.121. The third-order valence-corrected chi connectivity index (χ3v) is 4.60. The molecule has 5 nitrogen and oxygen atoms in total. The maximum atomic E-state index is 12.6. The van der Waals surface area contributed by atoms with Crippen LogP contribution in [0.1, 0.15) is 34.8 Å². The molecule has 2 aromatic rings. The molecular weight excluding hydrogens is 338 g/mol. The molecular formula is C22H25N3O2. The highest BCUT2D eigenvalue weighted by atomic mass is 16.2. The smallest absolute Gasteiger partial charge is 0.251 e. The van der Waals surface area contributed by atoms with Crippen LogP contribution < -0.4 is 16.0 Å². The molecule has 2 aromatic carbocycles. The van der Waals surface area contributed by atoms with Gasteiger partial charge in [0, 0.05) is 18.7 Å². The summed E-state index contributed by atoms with van der Waals surface area (Å²) in [4.78, 5) is 25.0. The molecule has 3 N–H and O–H groups in total. The molecule has 0 saturated carbocycles. The highest BCUT2D eigenvalue weighted by Crippen LogP contribution is 2.17. The van der Waals surface area contributed by atoms with Gasteiger partial charge in [0.2, 0.25) is 5.91 Å². The Morgan fingerprint density at radius 3 is 2.37 bits per heavy atom. The minimum atomic E-state index is -0.374. The molecule has 1 aliphatic rings. The molecule has 1 heterocycles. The Kier molecular flexibility index (Phi) is 6.77. The summed E-state index contributed by atoms with van der Waals surface area (Å²) < 4.78 is 0. The summed E-state index contributed by atoms with van der Waals surface area (Å²) in [7, 11) is 0. The zero-order chi connectivity index (χ0) is 18.9. The molecule has 3 rings (SSSR count). The summed E-state index contributed by atoms with van der Waals surface area (Å²) in [6, 6.07) is 18.3. The average Bonchev–Trinajstić information content (AvgIpc) is 2.74. The fraction of sp³-hybridized carbons (Fsp3) is 0.273. The molecule has 5 heteroatoms. The zero-order valence-corrected chi connectivity index (χ0v) is 15.3. The van der Waals surface area contributed by atoms with E-state index in [0.29, 0.717) is 12.1 Å². The van der Waals surface area contributed by atoms with Crippen LogP contribution in [-0.4, -0.2) is 31.4 Å². The summed E-state index contributed by atoms with van der Waals surface area (Å²) in [6.45, 7) is 2.36. The third-order valence-electron chi connectivity index (χ3n) is 4.60. The first-order valence-corrected chi connectivity index (χ1v) is 9.28. The Labute approximate surface area is 159 Å². The van der Waals surface area contributed by atoms with E-state index < -0.39 is 0 Å². The molecule has 0 radical (unpaired) electrons. The predicted molar refractivity (Wildman–Crippen MR) is 106 cm³/mol. The molecule has 0 fully saturated rings. The van der Waals surface area contributed by atoms with Gasteiger partial charge in [-0.25, -0.2) is 0 Å². The number of amides is 2. The zero-order valence-electron chi connectivity index (χ0n) is 15.3. The Hall–Kier alpha value is -2.92. The van der Waals surface area contributed by atoms with Crippen molar-refractivity contribution >= 4 is 11.8 Å². The molecule has 0 spiro atoms. The van der Waals surface area contributed by atoms with E-state index in [4.69, 9.17) is 0 Å². The second-order valence-electron chi connectivity index (χ2n) is 6.60. The van der Waals surface area contributed by atoms with E-state index in [1.54, 1.807) is 12.1 Å². The van der Waals surface area contributed by atoms with Crippen LogP contribution in [0.2, 0.25) is 0 Å². The van der Waals surface area contributed by atoms with Crippen LogP contribution in [0.5, 0.6) is 0 Å². The minimum absolute atomic E-state index is 0.0725. The van der Waals surface area contributed by atoms with Crippen LogP contribution in [0, 0.1) is 0 Å². The molecule has 0 saturated heterocycles. The van der Waals surface area contributed by atoms with Crippen molar-refractivity contribution < 1.29 is 9.59 Å². The van der Waals surface area contributed by atoms with Gasteiger partial charge in [-0.2, -0.15) is 0 Å². The van der Waals surface area contributed by atoms with Crippen molar-refractivity contribution in [2.24, 2.45) is 0 Å². The lowest BCUT2D eigenvalue weighted by Crippen LogP contribution is -2.35. The van der Waals surface area contributed by atoms with E-state index in [1.165, 1.54) is 5.57 Å².